The third-order valence-corrected chi connectivity index (χ3v) is 5.24. The second kappa shape index (κ2) is 8.54. The first-order valence-electron chi connectivity index (χ1n) is 8.47. The highest BCUT2D eigenvalue weighted by molar-refractivity contribution is 7.99. The molecule has 1 aromatic heterocycles. The van der Waals surface area contributed by atoms with E-state index in [1.54, 1.807) is 4.68 Å². The largest absolute Gasteiger partial charge is 0.349 e. The van der Waals surface area contributed by atoms with E-state index in [2.05, 4.69) is 26.9 Å². The molecule has 1 atom stereocenters. The molecule has 0 saturated carbocycles. The fourth-order valence-electron chi connectivity index (χ4n) is 2.82. The summed E-state index contributed by atoms with van der Waals surface area (Å²) in [6, 6.07) is 13.4. The van der Waals surface area contributed by atoms with Gasteiger partial charge in [-0.1, -0.05) is 47.6 Å². The molecule has 0 bridgehead atoms. The van der Waals surface area contributed by atoms with E-state index in [9.17, 15) is 4.79 Å². The van der Waals surface area contributed by atoms with Crippen molar-refractivity contribution >= 4 is 29.3 Å². The van der Waals surface area contributed by atoms with Crippen molar-refractivity contribution in [2.45, 2.75) is 32.0 Å². The van der Waals surface area contributed by atoms with Gasteiger partial charge in [-0.25, -0.2) is 0 Å². The van der Waals surface area contributed by atoms with Crippen molar-refractivity contribution in [3.8, 4) is 5.69 Å². The van der Waals surface area contributed by atoms with Gasteiger partial charge < -0.3 is 5.32 Å². The Morgan fingerprint density at radius 3 is 2.63 bits per heavy atom. The van der Waals surface area contributed by atoms with Crippen LogP contribution in [0, 0.1) is 13.8 Å². The molecule has 27 heavy (non-hydrogen) atoms. The summed E-state index contributed by atoms with van der Waals surface area (Å²) >= 11 is 7.48. The minimum absolute atomic E-state index is 0.109. The normalized spacial score (nSPS) is 12.0. The molecule has 6 nitrogen and oxygen atoms in total. The minimum atomic E-state index is -0.179. The lowest BCUT2D eigenvalue weighted by Crippen LogP contribution is -2.28. The lowest BCUT2D eigenvalue weighted by Gasteiger charge is -2.15. The van der Waals surface area contributed by atoms with E-state index in [4.69, 9.17) is 11.6 Å². The van der Waals surface area contributed by atoms with Gasteiger partial charge in [0.25, 0.3) is 0 Å². The van der Waals surface area contributed by atoms with Crippen LogP contribution in [0.3, 0.4) is 0 Å². The SMILES string of the molecule is Cc1cc(C)cc(-n2nnnc2SCC(=O)N[C@H](C)c2ccccc2Cl)c1. The Labute approximate surface area is 167 Å². The zero-order valence-corrected chi connectivity index (χ0v) is 16.9. The zero-order valence-electron chi connectivity index (χ0n) is 15.3. The van der Waals surface area contributed by atoms with Crippen molar-refractivity contribution in [3.63, 3.8) is 0 Å². The molecule has 0 radical (unpaired) electrons. The molecule has 3 aromatic rings. The van der Waals surface area contributed by atoms with E-state index < -0.39 is 0 Å². The Kier molecular flexibility index (Phi) is 6.13. The number of aryl methyl sites for hydroxylation is 2. The molecule has 1 amide bonds. The number of nitrogens with one attached hydrogen (secondary N) is 1. The van der Waals surface area contributed by atoms with E-state index in [1.807, 2.05) is 57.2 Å². The third-order valence-electron chi connectivity index (χ3n) is 3.97. The Morgan fingerprint density at radius 2 is 1.93 bits per heavy atom. The smallest absolute Gasteiger partial charge is 0.230 e. The molecule has 0 aliphatic carbocycles. The molecular weight excluding hydrogens is 382 g/mol. The number of thioether (sulfide) groups is 1. The molecule has 8 heteroatoms. The molecular formula is C19H20ClN5OS. The quantitative estimate of drug-likeness (QED) is 0.634. The monoisotopic (exact) mass is 401 g/mol. The van der Waals surface area contributed by atoms with Crippen molar-refractivity contribution in [1.29, 1.82) is 0 Å². The molecule has 3 rings (SSSR count). The Balaban J connectivity index is 1.65. The van der Waals surface area contributed by atoms with Crippen LogP contribution >= 0.6 is 23.4 Å². The lowest BCUT2D eigenvalue weighted by atomic mass is 10.1. The molecule has 0 fully saturated rings. The lowest BCUT2D eigenvalue weighted by molar-refractivity contribution is -0.119. The van der Waals surface area contributed by atoms with Gasteiger partial charge in [0.05, 0.1) is 17.5 Å². The first-order valence-corrected chi connectivity index (χ1v) is 9.84. The highest BCUT2D eigenvalue weighted by Crippen LogP contribution is 2.23. The summed E-state index contributed by atoms with van der Waals surface area (Å²) in [5.41, 5.74) is 4.02. The number of tetrazole rings is 1. The molecule has 0 unspecified atom stereocenters. The van der Waals surface area contributed by atoms with Crippen LogP contribution in [0.1, 0.15) is 29.7 Å². The predicted octanol–water partition coefficient (Wildman–Crippen LogP) is 3.90. The highest BCUT2D eigenvalue weighted by Gasteiger charge is 2.15. The summed E-state index contributed by atoms with van der Waals surface area (Å²) in [5, 5.41) is 16.0. The van der Waals surface area contributed by atoms with Crippen molar-refractivity contribution in [1.82, 2.24) is 25.5 Å². The summed E-state index contributed by atoms with van der Waals surface area (Å²) in [7, 11) is 0. The van der Waals surface area contributed by atoms with Gasteiger partial charge >= 0.3 is 0 Å². The van der Waals surface area contributed by atoms with Crippen LogP contribution in [0.25, 0.3) is 5.69 Å². The summed E-state index contributed by atoms with van der Waals surface area (Å²) in [6.45, 7) is 5.96. The Bertz CT molecular complexity index is 939. The number of carbonyl (C=O) groups excluding carboxylic acids is 1. The zero-order chi connectivity index (χ0) is 19.4. The van der Waals surface area contributed by atoms with Gasteiger partial charge in [0.2, 0.25) is 11.1 Å². The maximum absolute atomic E-state index is 12.3. The van der Waals surface area contributed by atoms with E-state index in [1.165, 1.54) is 11.8 Å². The van der Waals surface area contributed by atoms with Crippen LogP contribution in [-0.2, 0) is 4.79 Å². The van der Waals surface area contributed by atoms with E-state index in [-0.39, 0.29) is 17.7 Å². The standard InChI is InChI=1S/C19H20ClN5OS/c1-12-8-13(2)10-15(9-12)25-19(22-23-24-25)27-11-18(26)21-14(3)16-6-4-5-7-17(16)20/h4-10,14H,11H2,1-3H3,(H,21,26)/t14-/m1/s1. The topological polar surface area (TPSA) is 72.7 Å². The van der Waals surface area contributed by atoms with Crippen LogP contribution in [0.4, 0.5) is 0 Å². The Morgan fingerprint density at radius 1 is 1.22 bits per heavy atom. The van der Waals surface area contributed by atoms with Crippen molar-refractivity contribution < 1.29 is 4.79 Å². The van der Waals surface area contributed by atoms with Crippen LogP contribution in [-0.4, -0.2) is 31.9 Å². The van der Waals surface area contributed by atoms with Crippen LogP contribution in [0.2, 0.25) is 5.02 Å². The van der Waals surface area contributed by atoms with Gasteiger partial charge in [0.1, 0.15) is 0 Å². The molecule has 1 heterocycles. The maximum Gasteiger partial charge on any atom is 0.230 e. The first-order chi connectivity index (χ1) is 12.9. The van der Waals surface area contributed by atoms with Crippen LogP contribution in [0.15, 0.2) is 47.6 Å². The molecule has 1 N–H and O–H groups in total. The van der Waals surface area contributed by atoms with Gasteiger partial charge in [-0.15, -0.1) is 5.10 Å². The number of halogens is 1. The second-order valence-electron chi connectivity index (χ2n) is 6.32. The first kappa shape index (κ1) is 19.4. The number of hydrogen-bond acceptors (Lipinski definition) is 5. The van der Waals surface area contributed by atoms with Gasteiger partial charge in [-0.3, -0.25) is 4.79 Å². The Hall–Kier alpha value is -2.38. The fraction of sp³-hybridized carbons (Fsp3) is 0.263. The average Bonchev–Trinajstić information content (AvgIpc) is 3.08. The van der Waals surface area contributed by atoms with Crippen molar-refractivity contribution in [2.24, 2.45) is 0 Å². The second-order valence-corrected chi connectivity index (χ2v) is 7.67. The molecule has 2 aromatic carbocycles. The predicted molar refractivity (Wildman–Crippen MR) is 107 cm³/mol. The van der Waals surface area contributed by atoms with E-state index in [0.717, 1.165) is 22.4 Å². The van der Waals surface area contributed by atoms with E-state index in [0.29, 0.717) is 10.2 Å². The van der Waals surface area contributed by atoms with Crippen molar-refractivity contribution in [2.75, 3.05) is 5.75 Å². The van der Waals surface area contributed by atoms with Crippen LogP contribution in [0.5, 0.6) is 0 Å². The van der Waals surface area contributed by atoms with Crippen LogP contribution < -0.4 is 5.32 Å². The number of carbonyl (C=O) groups is 1. The number of benzene rings is 2. The number of hydrogen-bond donors (Lipinski definition) is 1. The molecule has 0 aliphatic heterocycles. The van der Waals surface area contributed by atoms with Crippen molar-refractivity contribution in [3.05, 3.63) is 64.2 Å². The van der Waals surface area contributed by atoms with E-state index >= 15 is 0 Å². The number of aromatic nitrogens is 4. The van der Waals surface area contributed by atoms with Gasteiger partial charge in [-0.2, -0.15) is 4.68 Å². The average molecular weight is 402 g/mol. The number of amides is 1. The highest BCUT2D eigenvalue weighted by atomic mass is 35.5. The minimum Gasteiger partial charge on any atom is -0.349 e. The third kappa shape index (κ3) is 4.87. The molecule has 0 spiro atoms. The summed E-state index contributed by atoms with van der Waals surface area (Å²) in [5.74, 6) is 0.0994. The molecule has 0 saturated heterocycles. The number of nitrogens with zero attached hydrogens (tertiary/aromatic N) is 4. The maximum atomic E-state index is 12.3. The number of rotatable bonds is 6. The summed E-state index contributed by atoms with van der Waals surface area (Å²) in [4.78, 5) is 12.3. The molecule has 0 aliphatic rings. The molecule has 140 valence electrons. The fourth-order valence-corrected chi connectivity index (χ4v) is 3.82. The van der Waals surface area contributed by atoms with Gasteiger partial charge in [-0.05, 0) is 66.1 Å². The van der Waals surface area contributed by atoms with Gasteiger partial charge in [0.15, 0.2) is 0 Å². The summed E-state index contributed by atoms with van der Waals surface area (Å²) in [6.07, 6.45) is 0. The summed E-state index contributed by atoms with van der Waals surface area (Å²) < 4.78 is 1.65. The van der Waals surface area contributed by atoms with Gasteiger partial charge in [0, 0.05) is 5.02 Å².